The van der Waals surface area contributed by atoms with Crippen LogP contribution in [0.5, 0.6) is 0 Å². The highest BCUT2D eigenvalue weighted by Crippen LogP contribution is 2.49. The van der Waals surface area contributed by atoms with Gasteiger partial charge in [0.25, 0.3) is 0 Å². The third kappa shape index (κ3) is 7.75. The van der Waals surface area contributed by atoms with E-state index in [0.717, 1.165) is 55.9 Å². The van der Waals surface area contributed by atoms with Crippen LogP contribution in [0.1, 0.15) is 11.5 Å². The maximum atomic E-state index is 5.31. The van der Waals surface area contributed by atoms with E-state index >= 15 is 0 Å². The van der Waals surface area contributed by atoms with Crippen LogP contribution in [-0.4, -0.2) is 20.6 Å². The zero-order valence-corrected chi connectivity index (χ0v) is 43.7. The standard InChI is InChI=1S/C76H50N4/c1-3-13-57-45-59(31-25-49(57)11-1)53-33-39-63(40-34-53)79-71-19-9-5-15-65(71)67-47-61(37-43-73(67)79)51-21-27-55(28-22-51)75-76(78-70-18-8-7-17-69(70)77-75)56-29-23-52(24-30-56)62-38-44-74-68(48-62)66-16-6-10-20-72(66)80(74)64-41-35-54(36-42-64)60-32-26-50-12-2-4-14-58(50)46-60/h1-48,65,71H. The topological polar surface area (TPSA) is 34.0 Å². The second-order valence-corrected chi connectivity index (χ2v) is 21.3. The highest BCUT2D eigenvalue weighted by atomic mass is 15.2. The number of aromatic nitrogens is 3. The second kappa shape index (κ2) is 18.7. The lowest BCUT2D eigenvalue weighted by Gasteiger charge is -2.28. The van der Waals surface area contributed by atoms with Crippen molar-refractivity contribution in [3.05, 3.63) is 297 Å². The summed E-state index contributed by atoms with van der Waals surface area (Å²) in [5.74, 6) is 0.248. The fourth-order valence-electron chi connectivity index (χ4n) is 12.7. The Hall–Kier alpha value is -10.4. The average Bonchev–Trinajstić information content (AvgIpc) is 4.15. The van der Waals surface area contributed by atoms with Gasteiger partial charge in [-0.15, -0.1) is 0 Å². The van der Waals surface area contributed by atoms with E-state index in [4.69, 9.17) is 9.97 Å². The number of nitrogens with zero attached hydrogens (tertiary/aromatic N) is 4. The first-order valence-electron chi connectivity index (χ1n) is 27.6. The van der Waals surface area contributed by atoms with Crippen LogP contribution in [0.3, 0.4) is 0 Å². The zero-order valence-electron chi connectivity index (χ0n) is 43.7. The Balaban J connectivity index is 0.691. The van der Waals surface area contributed by atoms with E-state index in [-0.39, 0.29) is 12.0 Å². The zero-order chi connectivity index (χ0) is 52.7. The maximum absolute atomic E-state index is 5.31. The molecule has 0 spiro atoms. The molecule has 4 nitrogen and oxygen atoms in total. The minimum absolute atomic E-state index is 0.201. The summed E-state index contributed by atoms with van der Waals surface area (Å²) < 4.78 is 2.39. The lowest BCUT2D eigenvalue weighted by atomic mass is 9.89. The van der Waals surface area contributed by atoms with Crippen LogP contribution in [0, 0.1) is 0 Å². The third-order valence-electron chi connectivity index (χ3n) is 16.7. The van der Waals surface area contributed by atoms with Crippen molar-refractivity contribution in [3.8, 4) is 72.7 Å². The van der Waals surface area contributed by atoms with Gasteiger partial charge in [0, 0.05) is 44.9 Å². The molecule has 80 heavy (non-hydrogen) atoms. The Morgan fingerprint density at radius 1 is 0.300 bits per heavy atom. The van der Waals surface area contributed by atoms with Gasteiger partial charge >= 0.3 is 0 Å². The van der Waals surface area contributed by atoms with Crippen molar-refractivity contribution >= 4 is 65.8 Å². The van der Waals surface area contributed by atoms with Gasteiger partial charge in [-0.05, 0) is 150 Å². The van der Waals surface area contributed by atoms with Crippen LogP contribution in [0.15, 0.2) is 291 Å². The minimum Gasteiger partial charge on any atom is -0.333 e. The Labute approximate surface area is 464 Å². The van der Waals surface area contributed by atoms with Crippen molar-refractivity contribution in [2.75, 3.05) is 4.90 Å². The van der Waals surface area contributed by atoms with Crippen molar-refractivity contribution in [1.82, 2.24) is 14.5 Å². The Morgan fingerprint density at radius 2 is 0.738 bits per heavy atom. The van der Waals surface area contributed by atoms with Crippen molar-refractivity contribution in [1.29, 1.82) is 0 Å². The molecule has 374 valence electrons. The smallest absolute Gasteiger partial charge is 0.0973 e. The van der Waals surface area contributed by atoms with Crippen LogP contribution < -0.4 is 4.90 Å². The number of rotatable bonds is 8. The van der Waals surface area contributed by atoms with Gasteiger partial charge < -0.3 is 9.47 Å². The molecule has 0 N–H and O–H groups in total. The molecule has 2 atom stereocenters. The second-order valence-electron chi connectivity index (χ2n) is 21.3. The van der Waals surface area contributed by atoms with Crippen molar-refractivity contribution in [2.24, 2.45) is 0 Å². The van der Waals surface area contributed by atoms with E-state index in [0.29, 0.717) is 0 Å². The highest BCUT2D eigenvalue weighted by Gasteiger charge is 2.37. The Kier molecular flexibility index (Phi) is 10.7. The van der Waals surface area contributed by atoms with Gasteiger partial charge in [-0.3, -0.25) is 0 Å². The summed E-state index contributed by atoms with van der Waals surface area (Å²) in [6.45, 7) is 0. The molecule has 12 aromatic carbocycles. The molecule has 1 aliphatic heterocycles. The molecule has 2 aliphatic rings. The predicted molar refractivity (Wildman–Crippen MR) is 335 cm³/mol. The van der Waals surface area contributed by atoms with Gasteiger partial charge in [0.05, 0.1) is 39.5 Å². The summed E-state index contributed by atoms with van der Waals surface area (Å²) in [6.07, 6.45) is 9.09. The lowest BCUT2D eigenvalue weighted by molar-refractivity contribution is 0.745. The van der Waals surface area contributed by atoms with Gasteiger partial charge in [0.15, 0.2) is 0 Å². The van der Waals surface area contributed by atoms with Crippen molar-refractivity contribution in [2.45, 2.75) is 12.0 Å². The quantitative estimate of drug-likeness (QED) is 0.152. The molecule has 0 saturated carbocycles. The molecule has 4 heteroatoms. The Bertz CT molecular complexity index is 4810. The van der Waals surface area contributed by atoms with Crippen LogP contribution in [0.2, 0.25) is 0 Å². The summed E-state index contributed by atoms with van der Waals surface area (Å²) in [5, 5.41) is 7.47. The van der Waals surface area contributed by atoms with Crippen LogP contribution in [0.4, 0.5) is 11.4 Å². The van der Waals surface area contributed by atoms with Gasteiger partial charge in [-0.1, -0.05) is 212 Å². The molecule has 1 aliphatic carbocycles. The Morgan fingerprint density at radius 3 is 1.35 bits per heavy atom. The number of allylic oxidation sites excluding steroid dienone is 2. The molecule has 0 radical (unpaired) electrons. The van der Waals surface area contributed by atoms with Gasteiger partial charge in [0.2, 0.25) is 0 Å². The molecular weight excluding hydrogens is 969 g/mol. The number of fused-ring (bicyclic) bond motifs is 9. The molecule has 0 amide bonds. The summed E-state index contributed by atoms with van der Waals surface area (Å²) in [5.41, 5.74) is 22.3. The van der Waals surface area contributed by atoms with Crippen molar-refractivity contribution in [3.63, 3.8) is 0 Å². The van der Waals surface area contributed by atoms with E-state index in [2.05, 4.69) is 289 Å². The lowest BCUT2D eigenvalue weighted by Crippen LogP contribution is -2.28. The van der Waals surface area contributed by atoms with E-state index in [1.165, 1.54) is 88.1 Å². The van der Waals surface area contributed by atoms with E-state index in [9.17, 15) is 0 Å². The number of anilines is 2. The van der Waals surface area contributed by atoms with E-state index in [1.807, 2.05) is 12.1 Å². The molecule has 0 bridgehead atoms. The van der Waals surface area contributed by atoms with Crippen LogP contribution in [0.25, 0.3) is 127 Å². The van der Waals surface area contributed by atoms with Crippen molar-refractivity contribution < 1.29 is 0 Å². The van der Waals surface area contributed by atoms with Gasteiger partial charge in [0.1, 0.15) is 0 Å². The molecule has 14 aromatic rings. The largest absolute Gasteiger partial charge is 0.333 e. The molecule has 2 aromatic heterocycles. The maximum Gasteiger partial charge on any atom is 0.0973 e. The third-order valence-corrected chi connectivity index (χ3v) is 16.7. The normalized spacial score (nSPS) is 14.6. The number of benzene rings is 12. The van der Waals surface area contributed by atoms with E-state index < -0.39 is 0 Å². The fraction of sp³-hybridized carbons (Fsp3) is 0.0263. The first-order valence-corrected chi connectivity index (χ1v) is 27.6. The van der Waals surface area contributed by atoms with Crippen LogP contribution >= 0.6 is 0 Å². The number of hydrogen-bond acceptors (Lipinski definition) is 3. The number of hydrogen-bond donors (Lipinski definition) is 0. The molecule has 0 fully saturated rings. The molecule has 2 unspecified atom stereocenters. The van der Waals surface area contributed by atoms with E-state index in [1.54, 1.807) is 0 Å². The first kappa shape index (κ1) is 45.7. The predicted octanol–water partition coefficient (Wildman–Crippen LogP) is 19.8. The summed E-state index contributed by atoms with van der Waals surface area (Å²) in [4.78, 5) is 13.1. The SMILES string of the molecule is C1=CC2c3cc(-c4ccc(-c5nc6ccccc6nc5-c5ccc(-c6ccc7c(c6)c6ccccc6n7-c6ccc(-c7ccc8ccccc8c7)cc6)cc5)cc4)ccc3N(c3ccc(-c4ccc5ccccc5c4)cc3)C2C=C1. The molecule has 3 heterocycles. The van der Waals surface area contributed by atoms with Crippen LogP contribution in [-0.2, 0) is 0 Å². The van der Waals surface area contributed by atoms with Gasteiger partial charge in [-0.25, -0.2) is 9.97 Å². The minimum atomic E-state index is 0.201. The monoisotopic (exact) mass is 1020 g/mol. The number of para-hydroxylation sites is 3. The average molecular weight is 1020 g/mol. The summed E-state index contributed by atoms with van der Waals surface area (Å²) >= 11 is 0. The fourth-order valence-corrected chi connectivity index (χ4v) is 12.7. The molecule has 16 rings (SSSR count). The highest BCUT2D eigenvalue weighted by molar-refractivity contribution is 6.10. The molecule has 0 saturated heterocycles. The van der Waals surface area contributed by atoms with Gasteiger partial charge in [-0.2, -0.15) is 0 Å². The first-order chi connectivity index (χ1) is 39.6. The summed E-state index contributed by atoms with van der Waals surface area (Å²) in [7, 11) is 0. The summed E-state index contributed by atoms with van der Waals surface area (Å²) in [6, 6.07) is 97.3. The molecular formula is C76H50N4.